The lowest BCUT2D eigenvalue weighted by Gasteiger charge is -2.13. The molecule has 1 aliphatic heterocycles. The van der Waals surface area contributed by atoms with E-state index in [9.17, 15) is 9.59 Å². The maximum Gasteiger partial charge on any atom is 0.303 e. The second-order valence-electron chi connectivity index (χ2n) is 7.27. The number of aromatic nitrogens is 2. The molecule has 0 atom stereocenters. The van der Waals surface area contributed by atoms with Crippen molar-refractivity contribution in [1.29, 1.82) is 0 Å². The van der Waals surface area contributed by atoms with Gasteiger partial charge in [0.15, 0.2) is 0 Å². The number of nitrogens with zero attached hydrogens (tertiary/aromatic N) is 3. The second kappa shape index (κ2) is 10.0. The number of hydrogen-bond donors (Lipinski definition) is 1. The van der Waals surface area contributed by atoms with Crippen molar-refractivity contribution in [3.05, 3.63) is 71.3 Å². The molecule has 1 fully saturated rings. The Morgan fingerprint density at radius 3 is 2.58 bits per heavy atom. The quantitative estimate of drug-likeness (QED) is 0.373. The highest BCUT2D eigenvalue weighted by Gasteiger charge is 2.32. The van der Waals surface area contributed by atoms with Crippen LogP contribution in [0.4, 0.5) is 0 Å². The molecule has 0 bridgehead atoms. The number of carboxylic acid groups (broad SMARTS) is 1. The first kappa shape index (κ1) is 22.8. The molecule has 7 nitrogen and oxygen atoms in total. The van der Waals surface area contributed by atoms with Gasteiger partial charge in [0.05, 0.1) is 23.4 Å². The van der Waals surface area contributed by atoms with Gasteiger partial charge in [0.25, 0.3) is 5.91 Å². The number of hydrogen-bond acceptors (Lipinski definition) is 6. The lowest BCUT2D eigenvalue weighted by atomic mass is 10.1. The summed E-state index contributed by atoms with van der Waals surface area (Å²) in [6.45, 7) is 0.281. The highest BCUT2D eigenvalue weighted by molar-refractivity contribution is 8.26. The van der Waals surface area contributed by atoms with E-state index in [1.165, 1.54) is 16.7 Å². The van der Waals surface area contributed by atoms with Crippen LogP contribution in [0.5, 0.6) is 5.75 Å². The number of methoxy groups -OCH3 is 1. The predicted octanol–water partition coefficient (Wildman–Crippen LogP) is 4.61. The van der Waals surface area contributed by atoms with Crippen molar-refractivity contribution in [2.24, 2.45) is 0 Å². The SMILES string of the molecule is COc1ccc(-c2nn(-c3ccccc3)cc2/C=C2\SC(=S)N(CCCC(=O)O)C2=O)cc1. The smallest absolute Gasteiger partial charge is 0.303 e. The van der Waals surface area contributed by atoms with Crippen molar-refractivity contribution in [2.75, 3.05) is 13.7 Å². The number of ether oxygens (including phenoxy) is 1. The largest absolute Gasteiger partial charge is 0.497 e. The van der Waals surface area contributed by atoms with Crippen LogP contribution in [0.2, 0.25) is 0 Å². The van der Waals surface area contributed by atoms with Crippen LogP contribution in [0.1, 0.15) is 18.4 Å². The van der Waals surface area contributed by atoms with E-state index in [-0.39, 0.29) is 18.9 Å². The molecule has 3 aromatic rings. The first-order chi connectivity index (χ1) is 16.0. The van der Waals surface area contributed by atoms with Crippen molar-refractivity contribution in [1.82, 2.24) is 14.7 Å². The Labute approximate surface area is 200 Å². The molecule has 4 rings (SSSR count). The Bertz CT molecular complexity index is 1220. The van der Waals surface area contributed by atoms with E-state index < -0.39 is 5.97 Å². The van der Waals surface area contributed by atoms with Crippen molar-refractivity contribution >= 4 is 46.3 Å². The number of amides is 1. The summed E-state index contributed by atoms with van der Waals surface area (Å²) in [6, 6.07) is 17.3. The molecular formula is C24H21N3O4S2. The summed E-state index contributed by atoms with van der Waals surface area (Å²) >= 11 is 6.59. The number of carbonyl (C=O) groups is 2. The van der Waals surface area contributed by atoms with Crippen LogP contribution in [-0.4, -0.2) is 49.6 Å². The molecule has 2 aromatic carbocycles. The zero-order chi connectivity index (χ0) is 23.4. The van der Waals surface area contributed by atoms with Gasteiger partial charge in [-0.3, -0.25) is 14.5 Å². The molecule has 0 aliphatic carbocycles. The van der Waals surface area contributed by atoms with E-state index in [1.54, 1.807) is 17.9 Å². The summed E-state index contributed by atoms with van der Waals surface area (Å²) in [7, 11) is 1.61. The van der Waals surface area contributed by atoms with Gasteiger partial charge in [-0.05, 0) is 48.9 Å². The van der Waals surface area contributed by atoms with Crippen LogP contribution in [0.15, 0.2) is 65.7 Å². The fourth-order valence-electron chi connectivity index (χ4n) is 3.40. The van der Waals surface area contributed by atoms with Gasteiger partial charge in [0, 0.05) is 30.3 Å². The molecule has 168 valence electrons. The Morgan fingerprint density at radius 2 is 1.91 bits per heavy atom. The average molecular weight is 480 g/mol. The summed E-state index contributed by atoms with van der Waals surface area (Å²) in [5.74, 6) is -0.373. The van der Waals surface area contributed by atoms with Crippen molar-refractivity contribution in [3.63, 3.8) is 0 Å². The number of rotatable bonds is 8. The molecule has 0 radical (unpaired) electrons. The minimum absolute atomic E-state index is 0.0123. The maximum absolute atomic E-state index is 13.0. The molecule has 0 saturated carbocycles. The molecule has 0 unspecified atom stereocenters. The van der Waals surface area contributed by atoms with E-state index in [2.05, 4.69) is 0 Å². The third-order valence-corrected chi connectivity index (χ3v) is 6.44. The topological polar surface area (TPSA) is 84.7 Å². The minimum Gasteiger partial charge on any atom is -0.497 e. The number of carboxylic acids is 1. The Kier molecular flexibility index (Phi) is 6.90. The highest BCUT2D eigenvalue weighted by Crippen LogP contribution is 2.35. The van der Waals surface area contributed by atoms with Gasteiger partial charge >= 0.3 is 5.97 Å². The van der Waals surface area contributed by atoms with E-state index in [0.717, 1.165) is 28.3 Å². The number of benzene rings is 2. The zero-order valence-electron chi connectivity index (χ0n) is 17.8. The molecule has 1 N–H and O–H groups in total. The lowest BCUT2D eigenvalue weighted by molar-refractivity contribution is -0.137. The van der Waals surface area contributed by atoms with E-state index in [0.29, 0.717) is 15.6 Å². The summed E-state index contributed by atoms with van der Waals surface area (Å²) < 4.78 is 7.47. The number of carbonyl (C=O) groups excluding carboxylic acids is 1. The first-order valence-corrected chi connectivity index (χ1v) is 11.5. The molecule has 1 saturated heterocycles. The summed E-state index contributed by atoms with van der Waals surface area (Å²) in [6.07, 6.45) is 4.01. The van der Waals surface area contributed by atoms with Crippen molar-refractivity contribution in [2.45, 2.75) is 12.8 Å². The highest BCUT2D eigenvalue weighted by atomic mass is 32.2. The summed E-state index contributed by atoms with van der Waals surface area (Å²) in [5, 5.41) is 13.6. The Morgan fingerprint density at radius 1 is 1.18 bits per heavy atom. The van der Waals surface area contributed by atoms with Crippen LogP contribution >= 0.6 is 24.0 Å². The summed E-state index contributed by atoms with van der Waals surface area (Å²) in [5.41, 5.74) is 3.27. The van der Waals surface area contributed by atoms with E-state index in [4.69, 9.17) is 27.2 Å². The third kappa shape index (κ3) is 5.15. The Hall–Kier alpha value is -3.43. The van der Waals surface area contributed by atoms with Gasteiger partial charge in [-0.25, -0.2) is 4.68 Å². The van der Waals surface area contributed by atoms with Crippen LogP contribution in [0.3, 0.4) is 0 Å². The van der Waals surface area contributed by atoms with Gasteiger partial charge in [0.1, 0.15) is 10.1 Å². The van der Waals surface area contributed by atoms with E-state index in [1.807, 2.05) is 60.8 Å². The van der Waals surface area contributed by atoms with Crippen LogP contribution in [0, 0.1) is 0 Å². The van der Waals surface area contributed by atoms with Gasteiger partial charge < -0.3 is 9.84 Å². The molecule has 33 heavy (non-hydrogen) atoms. The molecule has 1 aromatic heterocycles. The average Bonchev–Trinajstić information content (AvgIpc) is 3.36. The standard InChI is InChI=1S/C24H21N3O4S2/c1-31-19-11-9-16(10-12-19)22-17(15-27(25-22)18-6-3-2-4-7-18)14-20-23(30)26(24(32)33-20)13-5-8-21(28)29/h2-4,6-7,9-12,14-15H,5,8,13H2,1H3,(H,28,29)/b20-14-. The monoisotopic (exact) mass is 479 g/mol. The van der Waals surface area contributed by atoms with Gasteiger partial charge in [-0.1, -0.05) is 42.2 Å². The van der Waals surface area contributed by atoms with Gasteiger partial charge in [0.2, 0.25) is 0 Å². The van der Waals surface area contributed by atoms with Crippen LogP contribution < -0.4 is 4.74 Å². The summed E-state index contributed by atoms with van der Waals surface area (Å²) in [4.78, 5) is 25.7. The number of para-hydroxylation sites is 1. The minimum atomic E-state index is -0.895. The lowest BCUT2D eigenvalue weighted by Crippen LogP contribution is -2.29. The van der Waals surface area contributed by atoms with Gasteiger partial charge in [-0.15, -0.1) is 0 Å². The normalized spacial score (nSPS) is 14.8. The molecular weight excluding hydrogens is 458 g/mol. The molecule has 1 amide bonds. The van der Waals surface area contributed by atoms with E-state index >= 15 is 0 Å². The van der Waals surface area contributed by atoms with Crippen molar-refractivity contribution < 1.29 is 19.4 Å². The number of thiocarbonyl (C=S) groups is 1. The number of thioether (sulfide) groups is 1. The van der Waals surface area contributed by atoms with Crippen molar-refractivity contribution in [3.8, 4) is 22.7 Å². The second-order valence-corrected chi connectivity index (χ2v) is 8.95. The first-order valence-electron chi connectivity index (χ1n) is 10.2. The Balaban J connectivity index is 1.69. The fraction of sp³-hybridized carbons (Fsp3) is 0.167. The fourth-order valence-corrected chi connectivity index (χ4v) is 4.70. The molecule has 2 heterocycles. The third-order valence-electron chi connectivity index (χ3n) is 5.06. The predicted molar refractivity (Wildman–Crippen MR) is 132 cm³/mol. The van der Waals surface area contributed by atoms with Crippen LogP contribution in [-0.2, 0) is 9.59 Å². The molecule has 9 heteroatoms. The number of aliphatic carboxylic acids is 1. The maximum atomic E-state index is 13.0. The zero-order valence-corrected chi connectivity index (χ0v) is 19.4. The van der Waals surface area contributed by atoms with Gasteiger partial charge in [-0.2, -0.15) is 5.10 Å². The molecule has 0 spiro atoms. The van der Waals surface area contributed by atoms with Crippen LogP contribution in [0.25, 0.3) is 23.0 Å². The molecule has 1 aliphatic rings.